The number of halogens is 1. The van der Waals surface area contributed by atoms with Crippen LogP contribution in [-0.4, -0.2) is 25.4 Å². The van der Waals surface area contributed by atoms with Crippen LogP contribution >= 0.6 is 11.6 Å². The Morgan fingerprint density at radius 1 is 1.33 bits per heavy atom. The maximum absolute atomic E-state index is 6.22. The molecule has 1 aliphatic rings. The van der Waals surface area contributed by atoms with Crippen molar-refractivity contribution >= 4 is 11.6 Å². The van der Waals surface area contributed by atoms with E-state index in [2.05, 4.69) is 0 Å². The number of ether oxygens (including phenoxy) is 2. The molecule has 2 N–H and O–H groups in total. The standard InChI is InChI=1S/C14H20ClNO2/c1-10(16)14(12-4-2-3-5-13(12)15)18-11-6-8-17-9-7-11/h2-5,10-11,14H,6-9,16H2,1H3. The van der Waals surface area contributed by atoms with Crippen molar-refractivity contribution in [2.75, 3.05) is 13.2 Å². The smallest absolute Gasteiger partial charge is 0.0991 e. The summed E-state index contributed by atoms with van der Waals surface area (Å²) in [7, 11) is 0. The van der Waals surface area contributed by atoms with Gasteiger partial charge in [-0.15, -0.1) is 0 Å². The lowest BCUT2D eigenvalue weighted by Gasteiger charge is -2.30. The van der Waals surface area contributed by atoms with Gasteiger partial charge in [0.2, 0.25) is 0 Å². The summed E-state index contributed by atoms with van der Waals surface area (Å²) in [5.41, 5.74) is 7.01. The molecule has 0 spiro atoms. The Hall–Kier alpha value is -0.610. The van der Waals surface area contributed by atoms with E-state index in [1.165, 1.54) is 0 Å². The summed E-state index contributed by atoms with van der Waals surface area (Å²) in [4.78, 5) is 0. The van der Waals surface area contributed by atoms with Crippen LogP contribution in [0.25, 0.3) is 0 Å². The molecule has 2 atom stereocenters. The number of benzene rings is 1. The molecule has 0 saturated carbocycles. The summed E-state index contributed by atoms with van der Waals surface area (Å²) in [5, 5.41) is 0.715. The van der Waals surface area contributed by atoms with E-state index < -0.39 is 0 Å². The quantitative estimate of drug-likeness (QED) is 0.914. The Morgan fingerprint density at radius 2 is 2.00 bits per heavy atom. The second-order valence-corrected chi connectivity index (χ2v) is 5.16. The van der Waals surface area contributed by atoms with Gasteiger partial charge in [-0.1, -0.05) is 29.8 Å². The molecule has 1 fully saturated rings. The highest BCUT2D eigenvalue weighted by atomic mass is 35.5. The molecule has 0 aliphatic carbocycles. The molecule has 100 valence electrons. The van der Waals surface area contributed by atoms with E-state index in [4.69, 9.17) is 26.8 Å². The van der Waals surface area contributed by atoms with E-state index >= 15 is 0 Å². The molecule has 1 aromatic rings. The monoisotopic (exact) mass is 269 g/mol. The SMILES string of the molecule is CC(N)C(OC1CCOCC1)c1ccccc1Cl. The topological polar surface area (TPSA) is 44.5 Å². The lowest BCUT2D eigenvalue weighted by atomic mass is 10.0. The number of hydrogen-bond acceptors (Lipinski definition) is 3. The fourth-order valence-corrected chi connectivity index (χ4v) is 2.45. The molecule has 0 aromatic heterocycles. The van der Waals surface area contributed by atoms with Crippen LogP contribution in [0.4, 0.5) is 0 Å². The van der Waals surface area contributed by atoms with Gasteiger partial charge >= 0.3 is 0 Å². The van der Waals surface area contributed by atoms with Crippen LogP contribution in [0.2, 0.25) is 5.02 Å². The van der Waals surface area contributed by atoms with Crippen LogP contribution in [0.15, 0.2) is 24.3 Å². The van der Waals surface area contributed by atoms with E-state index in [0.29, 0.717) is 5.02 Å². The zero-order chi connectivity index (χ0) is 13.0. The second kappa shape index (κ2) is 6.53. The third kappa shape index (κ3) is 3.45. The predicted molar refractivity (Wildman–Crippen MR) is 72.8 cm³/mol. The van der Waals surface area contributed by atoms with Crippen molar-refractivity contribution in [2.45, 2.75) is 38.0 Å². The Balaban J connectivity index is 2.10. The summed E-state index contributed by atoms with van der Waals surface area (Å²) in [5.74, 6) is 0. The zero-order valence-corrected chi connectivity index (χ0v) is 11.4. The molecule has 0 bridgehead atoms. The molecule has 1 heterocycles. The van der Waals surface area contributed by atoms with Crippen LogP contribution in [0.3, 0.4) is 0 Å². The van der Waals surface area contributed by atoms with Gasteiger partial charge in [-0.05, 0) is 25.8 Å². The van der Waals surface area contributed by atoms with Crippen molar-refractivity contribution in [3.63, 3.8) is 0 Å². The highest BCUT2D eigenvalue weighted by Gasteiger charge is 2.24. The molecule has 0 radical (unpaired) electrons. The third-order valence-electron chi connectivity index (χ3n) is 3.20. The van der Waals surface area contributed by atoms with E-state index in [0.717, 1.165) is 31.6 Å². The summed E-state index contributed by atoms with van der Waals surface area (Å²) in [6.45, 7) is 3.48. The lowest BCUT2D eigenvalue weighted by molar-refractivity contribution is -0.0757. The van der Waals surface area contributed by atoms with Crippen LogP contribution in [0.1, 0.15) is 31.4 Å². The summed E-state index contributed by atoms with van der Waals surface area (Å²) in [6.07, 6.45) is 1.91. The van der Waals surface area contributed by atoms with Crippen molar-refractivity contribution in [2.24, 2.45) is 5.73 Å². The normalized spacial score (nSPS) is 20.6. The minimum atomic E-state index is -0.151. The lowest BCUT2D eigenvalue weighted by Crippen LogP contribution is -2.33. The van der Waals surface area contributed by atoms with E-state index in [1.54, 1.807) is 0 Å². The first-order valence-electron chi connectivity index (χ1n) is 6.41. The van der Waals surface area contributed by atoms with Crippen molar-refractivity contribution in [1.29, 1.82) is 0 Å². The van der Waals surface area contributed by atoms with Gasteiger partial charge in [-0.3, -0.25) is 0 Å². The van der Waals surface area contributed by atoms with E-state index in [9.17, 15) is 0 Å². The van der Waals surface area contributed by atoms with E-state index in [1.807, 2.05) is 31.2 Å². The summed E-state index contributed by atoms with van der Waals surface area (Å²) < 4.78 is 11.5. The van der Waals surface area contributed by atoms with Crippen LogP contribution < -0.4 is 5.73 Å². The highest BCUT2D eigenvalue weighted by Crippen LogP contribution is 2.30. The van der Waals surface area contributed by atoms with Gasteiger partial charge in [0.15, 0.2) is 0 Å². The minimum absolute atomic E-state index is 0.0901. The van der Waals surface area contributed by atoms with E-state index in [-0.39, 0.29) is 18.2 Å². The number of hydrogen-bond donors (Lipinski definition) is 1. The average molecular weight is 270 g/mol. The van der Waals surface area contributed by atoms with Crippen molar-refractivity contribution in [3.05, 3.63) is 34.9 Å². The largest absolute Gasteiger partial charge is 0.381 e. The molecular formula is C14H20ClNO2. The molecule has 1 saturated heterocycles. The molecule has 2 unspecified atom stereocenters. The van der Waals surface area contributed by atoms with Crippen LogP contribution in [0, 0.1) is 0 Å². The third-order valence-corrected chi connectivity index (χ3v) is 3.54. The first kappa shape index (κ1) is 13.8. The molecule has 1 aliphatic heterocycles. The number of nitrogens with two attached hydrogens (primary N) is 1. The average Bonchev–Trinajstić information content (AvgIpc) is 2.38. The van der Waals surface area contributed by atoms with Gasteiger partial charge in [-0.2, -0.15) is 0 Å². The highest BCUT2D eigenvalue weighted by molar-refractivity contribution is 6.31. The summed E-state index contributed by atoms with van der Waals surface area (Å²) >= 11 is 6.22. The van der Waals surface area contributed by atoms with Gasteiger partial charge in [0.05, 0.1) is 12.2 Å². The first-order chi connectivity index (χ1) is 8.68. The minimum Gasteiger partial charge on any atom is -0.381 e. The Morgan fingerprint density at radius 3 is 2.61 bits per heavy atom. The molecule has 1 aromatic carbocycles. The Labute approximate surface area is 113 Å². The fourth-order valence-electron chi connectivity index (χ4n) is 2.21. The van der Waals surface area contributed by atoms with Crippen LogP contribution in [-0.2, 0) is 9.47 Å². The van der Waals surface area contributed by atoms with Crippen molar-refractivity contribution in [1.82, 2.24) is 0 Å². The van der Waals surface area contributed by atoms with Crippen molar-refractivity contribution in [3.8, 4) is 0 Å². The fraction of sp³-hybridized carbons (Fsp3) is 0.571. The molecule has 4 heteroatoms. The van der Waals surface area contributed by atoms with Gasteiger partial charge in [-0.25, -0.2) is 0 Å². The second-order valence-electron chi connectivity index (χ2n) is 4.75. The van der Waals surface area contributed by atoms with Crippen molar-refractivity contribution < 1.29 is 9.47 Å². The Kier molecular flexibility index (Phi) is 5.01. The van der Waals surface area contributed by atoms with Gasteiger partial charge in [0.1, 0.15) is 0 Å². The predicted octanol–water partition coefficient (Wildman–Crippen LogP) is 2.92. The Bertz CT molecular complexity index is 378. The first-order valence-corrected chi connectivity index (χ1v) is 6.79. The number of rotatable bonds is 4. The molecule has 18 heavy (non-hydrogen) atoms. The van der Waals surface area contributed by atoms with Crippen LogP contribution in [0.5, 0.6) is 0 Å². The van der Waals surface area contributed by atoms with Gasteiger partial charge < -0.3 is 15.2 Å². The zero-order valence-electron chi connectivity index (χ0n) is 10.6. The van der Waals surface area contributed by atoms with Gasteiger partial charge in [0, 0.05) is 29.8 Å². The maximum Gasteiger partial charge on any atom is 0.0991 e. The van der Waals surface area contributed by atoms with Gasteiger partial charge in [0.25, 0.3) is 0 Å². The molecule has 0 amide bonds. The maximum atomic E-state index is 6.22. The molecule has 3 nitrogen and oxygen atoms in total. The summed E-state index contributed by atoms with van der Waals surface area (Å²) in [6, 6.07) is 7.64. The molecular weight excluding hydrogens is 250 g/mol. The molecule has 2 rings (SSSR count).